The lowest BCUT2D eigenvalue weighted by Gasteiger charge is -2.39. The molecule has 2 atom stereocenters. The number of ether oxygens (including phenoxy) is 1. The van der Waals surface area contributed by atoms with Gasteiger partial charge in [0.25, 0.3) is 0 Å². The first-order valence-electron chi connectivity index (χ1n) is 6.97. The zero-order valence-corrected chi connectivity index (χ0v) is 11.4. The summed E-state index contributed by atoms with van der Waals surface area (Å²) in [5.41, 5.74) is 3.50. The van der Waals surface area contributed by atoms with Crippen molar-refractivity contribution >= 4 is 0 Å². The highest BCUT2D eigenvalue weighted by Gasteiger charge is 2.23. The molecule has 0 aliphatic carbocycles. The Hall–Kier alpha value is -1.06. The highest BCUT2D eigenvalue weighted by Crippen LogP contribution is 2.19. The van der Waals surface area contributed by atoms with E-state index in [-0.39, 0.29) is 0 Å². The molecule has 0 amide bonds. The van der Waals surface area contributed by atoms with Crippen LogP contribution in [-0.4, -0.2) is 30.2 Å². The van der Waals surface area contributed by atoms with Crippen molar-refractivity contribution in [3.8, 4) is 5.75 Å². The van der Waals surface area contributed by atoms with Crippen molar-refractivity contribution in [1.29, 1.82) is 0 Å². The number of hydrogen-bond donors (Lipinski definition) is 1. The molecule has 2 rings (SSSR count). The molecule has 0 bridgehead atoms. The minimum atomic E-state index is 0.630. The molecule has 1 heterocycles. The molecule has 0 aromatic heterocycles. The first-order chi connectivity index (χ1) is 8.77. The van der Waals surface area contributed by atoms with Crippen LogP contribution >= 0.6 is 0 Å². The van der Waals surface area contributed by atoms with Crippen molar-refractivity contribution in [1.82, 2.24) is 10.4 Å². The quantitative estimate of drug-likeness (QED) is 0.811. The summed E-state index contributed by atoms with van der Waals surface area (Å²) in [6, 6.07) is 11.2. The maximum Gasteiger partial charge on any atom is 0.119 e. The van der Waals surface area contributed by atoms with Crippen molar-refractivity contribution in [3.63, 3.8) is 0 Å². The molecule has 100 valence electrons. The fourth-order valence-electron chi connectivity index (χ4n) is 2.59. The number of para-hydroxylation sites is 1. The predicted molar refractivity (Wildman–Crippen MR) is 74.6 cm³/mol. The smallest absolute Gasteiger partial charge is 0.119 e. The van der Waals surface area contributed by atoms with Crippen molar-refractivity contribution < 1.29 is 4.74 Å². The van der Waals surface area contributed by atoms with Crippen molar-refractivity contribution in [2.45, 2.75) is 45.2 Å². The highest BCUT2D eigenvalue weighted by molar-refractivity contribution is 5.20. The fourth-order valence-corrected chi connectivity index (χ4v) is 2.59. The van der Waals surface area contributed by atoms with Gasteiger partial charge in [0.1, 0.15) is 12.4 Å². The lowest BCUT2D eigenvalue weighted by atomic mass is 10.00. The van der Waals surface area contributed by atoms with Crippen LogP contribution in [0.15, 0.2) is 30.3 Å². The third kappa shape index (κ3) is 3.72. The highest BCUT2D eigenvalue weighted by atomic mass is 16.5. The Morgan fingerprint density at radius 1 is 1.17 bits per heavy atom. The minimum Gasteiger partial charge on any atom is -0.492 e. The van der Waals surface area contributed by atoms with E-state index in [1.54, 1.807) is 0 Å². The van der Waals surface area contributed by atoms with Crippen LogP contribution < -0.4 is 10.2 Å². The number of piperidine rings is 1. The second kappa shape index (κ2) is 6.76. The van der Waals surface area contributed by atoms with Gasteiger partial charge in [-0.1, -0.05) is 24.6 Å². The zero-order chi connectivity index (χ0) is 12.8. The molecule has 1 aliphatic rings. The number of benzene rings is 1. The van der Waals surface area contributed by atoms with E-state index >= 15 is 0 Å². The lowest BCUT2D eigenvalue weighted by Crippen LogP contribution is -2.52. The van der Waals surface area contributed by atoms with Crippen LogP contribution in [0.25, 0.3) is 0 Å². The fraction of sp³-hybridized carbons (Fsp3) is 0.600. The van der Waals surface area contributed by atoms with E-state index in [4.69, 9.17) is 4.74 Å². The second-order valence-electron chi connectivity index (χ2n) is 5.11. The summed E-state index contributed by atoms with van der Waals surface area (Å²) in [5.74, 6) is 0.944. The van der Waals surface area contributed by atoms with Crippen LogP contribution in [0.2, 0.25) is 0 Å². The molecule has 3 nitrogen and oxygen atoms in total. The molecular formula is C15H24N2O. The van der Waals surface area contributed by atoms with Gasteiger partial charge < -0.3 is 4.74 Å². The molecule has 1 aromatic rings. The van der Waals surface area contributed by atoms with Crippen LogP contribution in [0.4, 0.5) is 0 Å². The van der Waals surface area contributed by atoms with Crippen molar-refractivity contribution in [2.24, 2.45) is 0 Å². The Labute approximate surface area is 110 Å². The van der Waals surface area contributed by atoms with Gasteiger partial charge in [-0.25, -0.2) is 5.01 Å². The van der Waals surface area contributed by atoms with Crippen molar-refractivity contribution in [2.75, 3.05) is 13.2 Å². The van der Waals surface area contributed by atoms with E-state index in [9.17, 15) is 0 Å². The summed E-state index contributed by atoms with van der Waals surface area (Å²) in [6.45, 7) is 6.16. The van der Waals surface area contributed by atoms with Crippen molar-refractivity contribution in [3.05, 3.63) is 30.3 Å². The molecule has 1 fully saturated rings. The average molecular weight is 248 g/mol. The maximum absolute atomic E-state index is 5.68. The van der Waals surface area contributed by atoms with E-state index < -0.39 is 0 Å². The third-order valence-electron chi connectivity index (χ3n) is 3.60. The van der Waals surface area contributed by atoms with E-state index in [2.05, 4.69) is 24.3 Å². The number of nitrogens with zero attached hydrogens (tertiary/aromatic N) is 1. The van der Waals surface area contributed by atoms with E-state index in [0.29, 0.717) is 18.7 Å². The van der Waals surface area contributed by atoms with Gasteiger partial charge in [-0.05, 0) is 38.8 Å². The third-order valence-corrected chi connectivity index (χ3v) is 3.60. The number of rotatable bonds is 5. The molecule has 1 saturated heterocycles. The maximum atomic E-state index is 5.68. The second-order valence-corrected chi connectivity index (χ2v) is 5.11. The van der Waals surface area contributed by atoms with Crippen LogP contribution in [0, 0.1) is 0 Å². The van der Waals surface area contributed by atoms with Gasteiger partial charge in [0.15, 0.2) is 0 Å². The summed E-state index contributed by atoms with van der Waals surface area (Å²) in [6.07, 6.45) is 3.93. The molecule has 1 aliphatic heterocycles. The molecule has 0 spiro atoms. The standard InChI is InChI=1S/C15H24N2O/c1-13-7-6-8-14(2)17(13)16-11-12-18-15-9-4-3-5-10-15/h3-5,9-10,13-14,16H,6-8,11-12H2,1-2H3. The Balaban J connectivity index is 1.68. The van der Waals surface area contributed by atoms with Gasteiger partial charge in [0.2, 0.25) is 0 Å². The van der Waals surface area contributed by atoms with Gasteiger partial charge in [-0.3, -0.25) is 5.43 Å². The first-order valence-corrected chi connectivity index (χ1v) is 6.97. The average Bonchev–Trinajstić information content (AvgIpc) is 2.38. The summed E-state index contributed by atoms with van der Waals surface area (Å²) in [7, 11) is 0. The largest absolute Gasteiger partial charge is 0.492 e. The molecule has 2 unspecified atom stereocenters. The number of hydrazine groups is 1. The Morgan fingerprint density at radius 2 is 1.83 bits per heavy atom. The van der Waals surface area contributed by atoms with E-state index in [1.807, 2.05) is 30.3 Å². The monoisotopic (exact) mass is 248 g/mol. The van der Waals surface area contributed by atoms with Gasteiger partial charge in [0, 0.05) is 18.6 Å². The molecular weight excluding hydrogens is 224 g/mol. The Morgan fingerprint density at radius 3 is 2.50 bits per heavy atom. The van der Waals surface area contributed by atoms with Gasteiger partial charge >= 0.3 is 0 Å². The Kier molecular flexibility index (Phi) is 5.02. The zero-order valence-electron chi connectivity index (χ0n) is 11.4. The molecule has 0 radical (unpaired) electrons. The molecule has 3 heteroatoms. The summed E-state index contributed by atoms with van der Waals surface area (Å²) >= 11 is 0. The minimum absolute atomic E-state index is 0.630. The molecule has 1 N–H and O–H groups in total. The normalized spacial score (nSPS) is 25.0. The van der Waals surface area contributed by atoms with Crippen LogP contribution in [0.1, 0.15) is 33.1 Å². The molecule has 18 heavy (non-hydrogen) atoms. The summed E-state index contributed by atoms with van der Waals surface area (Å²) in [5, 5.41) is 2.39. The SMILES string of the molecule is CC1CCCC(C)N1NCCOc1ccccc1. The molecule has 0 saturated carbocycles. The summed E-state index contributed by atoms with van der Waals surface area (Å²) in [4.78, 5) is 0. The van der Waals surface area contributed by atoms with E-state index in [0.717, 1.165) is 12.3 Å². The Bertz CT molecular complexity index is 332. The van der Waals surface area contributed by atoms with Gasteiger partial charge in [0.05, 0.1) is 0 Å². The predicted octanol–water partition coefficient (Wildman–Crippen LogP) is 2.83. The topological polar surface area (TPSA) is 24.5 Å². The molecule has 1 aromatic carbocycles. The van der Waals surface area contributed by atoms with Gasteiger partial charge in [-0.15, -0.1) is 0 Å². The van der Waals surface area contributed by atoms with Crippen LogP contribution in [0.3, 0.4) is 0 Å². The van der Waals surface area contributed by atoms with E-state index in [1.165, 1.54) is 19.3 Å². The van der Waals surface area contributed by atoms with Crippen LogP contribution in [-0.2, 0) is 0 Å². The van der Waals surface area contributed by atoms with Crippen LogP contribution in [0.5, 0.6) is 5.75 Å². The first kappa shape index (κ1) is 13.4. The lowest BCUT2D eigenvalue weighted by molar-refractivity contribution is 0.0417. The summed E-state index contributed by atoms with van der Waals surface area (Å²) < 4.78 is 5.68. The number of hydrogen-bond acceptors (Lipinski definition) is 3. The number of nitrogens with one attached hydrogen (secondary N) is 1. The van der Waals surface area contributed by atoms with Gasteiger partial charge in [-0.2, -0.15) is 0 Å².